The zero-order valence-corrected chi connectivity index (χ0v) is 16.6. The third-order valence-corrected chi connectivity index (χ3v) is 5.17. The second kappa shape index (κ2) is 8.57. The number of halogens is 1. The Bertz CT molecular complexity index is 1020. The Balaban J connectivity index is 1.55. The largest absolute Gasteiger partial charge is 0.491 e. The number of ether oxygens (including phenoxy) is 1. The molecule has 3 amide bonds. The van der Waals surface area contributed by atoms with Gasteiger partial charge in [-0.25, -0.2) is 9.18 Å². The number of carbonyl (C=O) groups excluding carboxylic acids is 2. The third-order valence-electron chi connectivity index (χ3n) is 5.17. The maximum absolute atomic E-state index is 13.5. The lowest BCUT2D eigenvalue weighted by Gasteiger charge is -2.28. The van der Waals surface area contributed by atoms with Crippen LogP contribution in [0.25, 0.3) is 0 Å². The van der Waals surface area contributed by atoms with Crippen molar-refractivity contribution in [2.75, 3.05) is 13.2 Å². The van der Waals surface area contributed by atoms with Crippen LogP contribution in [0.15, 0.2) is 84.9 Å². The zero-order valence-electron chi connectivity index (χ0n) is 16.6. The quantitative estimate of drug-likeness (QED) is 0.576. The SMILES string of the molecule is O=C1NC(c2ccccc2)(c2ccccc2)C(=O)N1CC(O)COc1ccc(F)cc1. The molecular formula is C24H21FN2O4. The Hall–Kier alpha value is -3.71. The number of aliphatic hydroxyl groups is 1. The van der Waals surface area contributed by atoms with E-state index in [1.54, 1.807) is 48.5 Å². The van der Waals surface area contributed by atoms with Gasteiger partial charge in [0.1, 0.15) is 24.3 Å². The molecule has 0 aliphatic carbocycles. The third kappa shape index (κ3) is 4.00. The Morgan fingerprint density at radius 1 is 0.903 bits per heavy atom. The maximum Gasteiger partial charge on any atom is 0.325 e. The van der Waals surface area contributed by atoms with E-state index < -0.39 is 29.4 Å². The molecule has 6 nitrogen and oxygen atoms in total. The normalized spacial score (nSPS) is 16.1. The summed E-state index contributed by atoms with van der Waals surface area (Å²) in [5.41, 5.74) is -0.130. The molecule has 3 aromatic carbocycles. The van der Waals surface area contributed by atoms with Crippen molar-refractivity contribution >= 4 is 11.9 Å². The van der Waals surface area contributed by atoms with Crippen molar-refractivity contribution in [3.8, 4) is 5.75 Å². The van der Waals surface area contributed by atoms with Gasteiger partial charge in [-0.15, -0.1) is 0 Å². The molecule has 0 spiro atoms. The highest BCUT2D eigenvalue weighted by Crippen LogP contribution is 2.36. The molecule has 2 N–H and O–H groups in total. The summed E-state index contributed by atoms with van der Waals surface area (Å²) < 4.78 is 18.4. The monoisotopic (exact) mass is 420 g/mol. The van der Waals surface area contributed by atoms with Gasteiger partial charge in [0.15, 0.2) is 5.54 Å². The fourth-order valence-electron chi connectivity index (χ4n) is 3.66. The smallest absolute Gasteiger partial charge is 0.325 e. The van der Waals surface area contributed by atoms with Gasteiger partial charge in [-0.1, -0.05) is 60.7 Å². The number of nitrogens with zero attached hydrogens (tertiary/aromatic N) is 1. The zero-order chi connectivity index (χ0) is 21.8. The molecule has 0 saturated carbocycles. The predicted octanol–water partition coefficient (Wildman–Crippen LogP) is 3.06. The number of benzene rings is 3. The van der Waals surface area contributed by atoms with Gasteiger partial charge in [0.05, 0.1) is 6.54 Å². The second-order valence-electron chi connectivity index (χ2n) is 7.25. The number of hydrogen-bond donors (Lipinski definition) is 2. The van der Waals surface area contributed by atoms with Gasteiger partial charge in [0, 0.05) is 0 Å². The summed E-state index contributed by atoms with van der Waals surface area (Å²) >= 11 is 0. The fraction of sp³-hybridized carbons (Fsp3) is 0.167. The number of β-amino-alcohol motifs (C(OH)–C–C–N with tert-alkyl or cyclic N) is 1. The van der Waals surface area contributed by atoms with Crippen molar-refractivity contribution in [1.82, 2.24) is 10.2 Å². The first-order valence-corrected chi connectivity index (χ1v) is 9.82. The maximum atomic E-state index is 13.5. The van der Waals surface area contributed by atoms with Crippen molar-refractivity contribution in [2.45, 2.75) is 11.6 Å². The Morgan fingerprint density at radius 2 is 1.45 bits per heavy atom. The van der Waals surface area contributed by atoms with Gasteiger partial charge >= 0.3 is 6.03 Å². The number of rotatable bonds is 7. The number of carbonyl (C=O) groups is 2. The van der Waals surface area contributed by atoms with E-state index in [0.29, 0.717) is 16.9 Å². The molecule has 1 heterocycles. The summed E-state index contributed by atoms with van der Waals surface area (Å²) in [6.45, 7) is -0.403. The summed E-state index contributed by atoms with van der Waals surface area (Å²) in [5, 5.41) is 13.2. The first-order valence-electron chi connectivity index (χ1n) is 9.82. The molecule has 7 heteroatoms. The number of hydrogen-bond acceptors (Lipinski definition) is 4. The molecule has 4 rings (SSSR count). The van der Waals surface area contributed by atoms with Crippen molar-refractivity contribution in [3.63, 3.8) is 0 Å². The fourth-order valence-corrected chi connectivity index (χ4v) is 3.66. The first-order chi connectivity index (χ1) is 15.0. The highest BCUT2D eigenvalue weighted by molar-refractivity contribution is 6.09. The molecule has 1 aliphatic heterocycles. The lowest BCUT2D eigenvalue weighted by Crippen LogP contribution is -2.46. The van der Waals surface area contributed by atoms with Crippen LogP contribution in [0.3, 0.4) is 0 Å². The number of urea groups is 1. The van der Waals surface area contributed by atoms with Crippen LogP contribution in [-0.4, -0.2) is 41.2 Å². The van der Waals surface area contributed by atoms with Crippen molar-refractivity contribution in [1.29, 1.82) is 0 Å². The van der Waals surface area contributed by atoms with Crippen LogP contribution in [-0.2, 0) is 10.3 Å². The molecule has 1 atom stereocenters. The van der Waals surface area contributed by atoms with E-state index in [1.807, 2.05) is 12.1 Å². The van der Waals surface area contributed by atoms with E-state index in [9.17, 15) is 19.1 Å². The molecule has 158 valence electrons. The lowest BCUT2D eigenvalue weighted by atomic mass is 9.82. The van der Waals surface area contributed by atoms with E-state index in [0.717, 1.165) is 4.90 Å². The van der Waals surface area contributed by atoms with Crippen LogP contribution in [0.5, 0.6) is 5.75 Å². The summed E-state index contributed by atoms with van der Waals surface area (Å²) in [5.74, 6) is -0.498. The van der Waals surface area contributed by atoms with Crippen molar-refractivity contribution in [2.24, 2.45) is 0 Å². The van der Waals surface area contributed by atoms with Gasteiger partial charge in [-0.2, -0.15) is 0 Å². The molecule has 0 radical (unpaired) electrons. The number of amides is 3. The molecule has 0 bridgehead atoms. The lowest BCUT2D eigenvalue weighted by molar-refractivity contribution is -0.131. The van der Waals surface area contributed by atoms with Crippen molar-refractivity contribution < 1.29 is 23.8 Å². The Morgan fingerprint density at radius 3 is 2.00 bits per heavy atom. The molecule has 1 fully saturated rings. The van der Waals surface area contributed by atoms with Crippen molar-refractivity contribution in [3.05, 3.63) is 102 Å². The average molecular weight is 420 g/mol. The van der Waals surface area contributed by atoms with E-state index in [4.69, 9.17) is 4.74 Å². The molecular weight excluding hydrogens is 399 g/mol. The van der Waals surface area contributed by atoms with Gasteiger partial charge in [0.2, 0.25) is 0 Å². The molecule has 1 unspecified atom stereocenters. The molecule has 1 aliphatic rings. The molecule has 1 saturated heterocycles. The highest BCUT2D eigenvalue weighted by atomic mass is 19.1. The highest BCUT2D eigenvalue weighted by Gasteiger charge is 2.53. The number of imide groups is 1. The van der Waals surface area contributed by atoms with E-state index in [-0.39, 0.29) is 13.2 Å². The predicted molar refractivity (Wildman–Crippen MR) is 112 cm³/mol. The van der Waals surface area contributed by atoms with Gasteiger partial charge in [0.25, 0.3) is 5.91 Å². The van der Waals surface area contributed by atoms with Gasteiger partial charge in [-0.05, 0) is 35.4 Å². The first kappa shape index (κ1) is 20.6. The van der Waals surface area contributed by atoms with Gasteiger partial charge in [-0.3, -0.25) is 9.69 Å². The summed E-state index contributed by atoms with van der Waals surface area (Å²) in [7, 11) is 0. The average Bonchev–Trinajstić information content (AvgIpc) is 3.05. The number of aliphatic hydroxyl groups excluding tert-OH is 1. The topological polar surface area (TPSA) is 78.9 Å². The van der Waals surface area contributed by atoms with Crippen LogP contribution in [0.4, 0.5) is 9.18 Å². The van der Waals surface area contributed by atoms with E-state index in [1.165, 1.54) is 24.3 Å². The van der Waals surface area contributed by atoms with E-state index in [2.05, 4.69) is 5.32 Å². The summed E-state index contributed by atoms with van der Waals surface area (Å²) in [6, 6.07) is 22.7. The summed E-state index contributed by atoms with van der Waals surface area (Å²) in [4.78, 5) is 27.3. The Kier molecular flexibility index (Phi) is 5.68. The minimum Gasteiger partial charge on any atom is -0.491 e. The Labute approximate surface area is 178 Å². The summed E-state index contributed by atoms with van der Waals surface area (Å²) in [6.07, 6.45) is -1.12. The molecule has 0 aromatic heterocycles. The molecule has 31 heavy (non-hydrogen) atoms. The van der Waals surface area contributed by atoms with Crippen LogP contribution < -0.4 is 10.1 Å². The molecule has 3 aromatic rings. The van der Waals surface area contributed by atoms with Crippen LogP contribution in [0.1, 0.15) is 11.1 Å². The minimum atomic E-state index is -1.38. The minimum absolute atomic E-state index is 0.160. The van der Waals surface area contributed by atoms with Crippen LogP contribution in [0, 0.1) is 5.82 Å². The van der Waals surface area contributed by atoms with Gasteiger partial charge < -0.3 is 15.2 Å². The van der Waals surface area contributed by atoms with E-state index >= 15 is 0 Å². The van der Waals surface area contributed by atoms with Crippen LogP contribution >= 0.6 is 0 Å². The number of nitrogens with one attached hydrogen (secondary N) is 1. The second-order valence-corrected chi connectivity index (χ2v) is 7.25. The van der Waals surface area contributed by atoms with Crippen LogP contribution in [0.2, 0.25) is 0 Å². The standard InChI is InChI=1S/C24H21FN2O4/c25-19-11-13-21(14-12-19)31-16-20(28)15-27-22(29)24(26-23(27)30,17-7-3-1-4-8-17)18-9-5-2-6-10-18/h1-14,20,28H,15-16H2,(H,26,30).